The van der Waals surface area contributed by atoms with E-state index < -0.39 is 46.8 Å². The number of piperidine rings is 1. The molecule has 0 radical (unpaired) electrons. The minimum Gasteiger partial charge on any atom is -0.391 e. The Morgan fingerprint density at radius 3 is 2.42 bits per heavy atom. The first-order valence-electron chi connectivity index (χ1n) is 13.0. The fourth-order valence-corrected chi connectivity index (χ4v) is 7.30. The van der Waals surface area contributed by atoms with Crippen LogP contribution in [0.25, 0.3) is 22.2 Å². The average Bonchev–Trinajstić information content (AvgIpc) is 3.48. The third kappa shape index (κ3) is 4.46. The van der Waals surface area contributed by atoms with Crippen molar-refractivity contribution in [3.8, 4) is 11.3 Å². The number of H-pyrrole nitrogens is 1. The maximum atomic E-state index is 13.7. The fraction of sp³-hybridized carbons (Fsp3) is 0.444. The molecule has 11 heteroatoms. The number of β-amino-alcohol motifs (C(OH)–C–C–N with tert-alkyl or cyclic N) is 1. The van der Waals surface area contributed by atoms with E-state index in [9.17, 15) is 27.1 Å². The lowest BCUT2D eigenvalue weighted by molar-refractivity contribution is -0.144. The van der Waals surface area contributed by atoms with Crippen LogP contribution in [0.15, 0.2) is 53.4 Å². The smallest absolute Gasteiger partial charge is 0.251 e. The summed E-state index contributed by atoms with van der Waals surface area (Å²) < 4.78 is 55.8. The van der Waals surface area contributed by atoms with E-state index in [-0.39, 0.29) is 24.5 Å². The molecule has 38 heavy (non-hydrogen) atoms. The number of carbonyl (C=O) groups excluding carboxylic acids is 1. The van der Waals surface area contributed by atoms with Crippen molar-refractivity contribution in [3.63, 3.8) is 0 Å². The Labute approximate surface area is 219 Å². The van der Waals surface area contributed by atoms with Crippen molar-refractivity contribution in [3.05, 3.63) is 48.5 Å². The van der Waals surface area contributed by atoms with Crippen LogP contribution in [-0.2, 0) is 14.8 Å². The molecule has 3 saturated heterocycles. The molecule has 0 aliphatic carbocycles. The van der Waals surface area contributed by atoms with Gasteiger partial charge in [0, 0.05) is 73.4 Å². The number of nitrogens with zero attached hydrogens (tertiary/aromatic N) is 3. The quantitative estimate of drug-likeness (QED) is 0.513. The van der Waals surface area contributed by atoms with Crippen LogP contribution < -0.4 is 4.90 Å². The maximum absolute atomic E-state index is 13.7. The summed E-state index contributed by atoms with van der Waals surface area (Å²) in [7, 11) is -4.01. The van der Waals surface area contributed by atoms with Gasteiger partial charge in [0.25, 0.3) is 5.92 Å². The van der Waals surface area contributed by atoms with Gasteiger partial charge in [-0.1, -0.05) is 18.2 Å². The van der Waals surface area contributed by atoms with Crippen molar-refractivity contribution >= 4 is 32.5 Å². The third-order valence-electron chi connectivity index (χ3n) is 7.96. The minimum atomic E-state index is -4.01. The summed E-state index contributed by atoms with van der Waals surface area (Å²) in [6, 6.07) is 13.8. The summed E-state index contributed by atoms with van der Waals surface area (Å²) >= 11 is 0. The molecule has 6 rings (SSSR count). The Bertz CT molecular complexity index is 1450. The Morgan fingerprint density at radius 1 is 1.00 bits per heavy atom. The predicted molar refractivity (Wildman–Crippen MR) is 140 cm³/mol. The van der Waals surface area contributed by atoms with Crippen molar-refractivity contribution in [2.75, 3.05) is 37.6 Å². The molecule has 0 bridgehead atoms. The van der Waals surface area contributed by atoms with Gasteiger partial charge >= 0.3 is 0 Å². The molecule has 2 aromatic carbocycles. The number of anilines is 1. The molecule has 202 valence electrons. The second kappa shape index (κ2) is 9.32. The average molecular weight is 545 g/mol. The third-order valence-corrected chi connectivity index (χ3v) is 9.87. The number of benzene rings is 2. The van der Waals surface area contributed by atoms with E-state index >= 15 is 0 Å². The van der Waals surface area contributed by atoms with Crippen LogP contribution in [0.2, 0.25) is 0 Å². The topological polar surface area (TPSA) is 97.0 Å². The SMILES string of the molecule is O=C([C@@H]1CCN1S(=O)(=O)c1ccc(N2CC[C@H](O)C2)c(-c2cc3ccccc3[nH]2)c1)N1CCC(F)(F)CC1. The molecule has 0 saturated carbocycles. The predicted octanol–water partition coefficient (Wildman–Crippen LogP) is 3.43. The van der Waals surface area contributed by atoms with Crippen molar-refractivity contribution in [2.24, 2.45) is 0 Å². The van der Waals surface area contributed by atoms with Crippen LogP contribution in [0.1, 0.15) is 25.7 Å². The number of halogens is 2. The minimum absolute atomic E-state index is 0.0670. The molecule has 3 aliphatic rings. The van der Waals surface area contributed by atoms with Gasteiger partial charge in [0.05, 0.1) is 11.0 Å². The molecule has 8 nitrogen and oxygen atoms in total. The summed E-state index contributed by atoms with van der Waals surface area (Å²) in [5.41, 5.74) is 3.18. The molecule has 0 unspecified atom stereocenters. The Balaban J connectivity index is 1.32. The lowest BCUT2D eigenvalue weighted by Crippen LogP contribution is -2.60. The van der Waals surface area contributed by atoms with Crippen LogP contribution >= 0.6 is 0 Å². The van der Waals surface area contributed by atoms with E-state index in [0.29, 0.717) is 31.5 Å². The fourth-order valence-electron chi connectivity index (χ4n) is 5.64. The van der Waals surface area contributed by atoms with Gasteiger partial charge in [-0.25, -0.2) is 17.2 Å². The number of likely N-dealkylation sites (tertiary alicyclic amines) is 1. The summed E-state index contributed by atoms with van der Waals surface area (Å²) in [4.78, 5) is 19.9. The Morgan fingerprint density at radius 2 is 1.76 bits per heavy atom. The van der Waals surface area contributed by atoms with Crippen molar-refractivity contribution in [2.45, 2.75) is 48.6 Å². The van der Waals surface area contributed by atoms with Gasteiger partial charge in [-0.05, 0) is 43.2 Å². The van der Waals surface area contributed by atoms with E-state index in [0.717, 1.165) is 22.3 Å². The monoisotopic (exact) mass is 544 g/mol. The summed E-state index contributed by atoms with van der Waals surface area (Å²) in [6.07, 6.45) is -0.260. The number of aromatic nitrogens is 1. The van der Waals surface area contributed by atoms with E-state index in [1.54, 1.807) is 18.2 Å². The van der Waals surface area contributed by atoms with Crippen LogP contribution in [0.4, 0.5) is 14.5 Å². The van der Waals surface area contributed by atoms with Crippen molar-refractivity contribution in [1.82, 2.24) is 14.2 Å². The number of alkyl halides is 2. The lowest BCUT2D eigenvalue weighted by atomic mass is 10.0. The largest absolute Gasteiger partial charge is 0.391 e. The Hall–Kier alpha value is -3.02. The zero-order valence-corrected chi connectivity index (χ0v) is 21.6. The number of hydrogen-bond donors (Lipinski definition) is 2. The number of carbonyl (C=O) groups is 1. The van der Waals surface area contributed by atoms with Gasteiger partial charge in [-0.2, -0.15) is 4.31 Å². The van der Waals surface area contributed by atoms with Gasteiger partial charge < -0.3 is 19.9 Å². The van der Waals surface area contributed by atoms with E-state index in [4.69, 9.17) is 0 Å². The summed E-state index contributed by atoms with van der Waals surface area (Å²) in [5, 5.41) is 11.1. The van der Waals surface area contributed by atoms with Gasteiger partial charge in [-0.3, -0.25) is 4.79 Å². The van der Waals surface area contributed by atoms with Crippen molar-refractivity contribution in [1.29, 1.82) is 0 Å². The van der Waals surface area contributed by atoms with E-state index in [1.165, 1.54) is 9.21 Å². The highest BCUT2D eigenvalue weighted by atomic mass is 32.2. The molecule has 3 aromatic rings. The van der Waals surface area contributed by atoms with E-state index in [2.05, 4.69) is 4.98 Å². The van der Waals surface area contributed by atoms with Gasteiger partial charge in [-0.15, -0.1) is 0 Å². The molecule has 2 atom stereocenters. The molecule has 3 fully saturated rings. The summed E-state index contributed by atoms with van der Waals surface area (Å²) in [5.74, 6) is -3.19. The number of para-hydroxylation sites is 1. The van der Waals surface area contributed by atoms with Crippen LogP contribution in [0.3, 0.4) is 0 Å². The van der Waals surface area contributed by atoms with Crippen molar-refractivity contribution < 1.29 is 27.1 Å². The second-order valence-electron chi connectivity index (χ2n) is 10.4. The molecular formula is C27H30F2N4O4S. The highest BCUT2D eigenvalue weighted by molar-refractivity contribution is 7.89. The lowest BCUT2D eigenvalue weighted by Gasteiger charge is -2.42. The molecular weight excluding hydrogens is 514 g/mol. The molecule has 4 heterocycles. The molecule has 0 spiro atoms. The zero-order chi connectivity index (χ0) is 26.7. The number of hydrogen-bond acceptors (Lipinski definition) is 5. The van der Waals surface area contributed by atoms with Gasteiger partial charge in [0.15, 0.2) is 0 Å². The van der Waals surface area contributed by atoms with Gasteiger partial charge in [0.2, 0.25) is 15.9 Å². The Kier molecular flexibility index (Phi) is 6.20. The van der Waals surface area contributed by atoms with Crippen LogP contribution in [0, 0.1) is 0 Å². The van der Waals surface area contributed by atoms with Crippen LogP contribution in [0.5, 0.6) is 0 Å². The molecule has 2 N–H and O–H groups in total. The number of amides is 1. The first-order valence-corrected chi connectivity index (χ1v) is 14.4. The van der Waals surface area contributed by atoms with Gasteiger partial charge in [0.1, 0.15) is 6.04 Å². The maximum Gasteiger partial charge on any atom is 0.251 e. The number of fused-ring (bicyclic) bond motifs is 1. The first-order chi connectivity index (χ1) is 18.1. The molecule has 1 amide bonds. The molecule has 1 aromatic heterocycles. The number of aliphatic hydroxyl groups is 1. The second-order valence-corrected chi connectivity index (χ2v) is 12.3. The highest BCUT2D eigenvalue weighted by Gasteiger charge is 2.46. The molecule has 3 aliphatic heterocycles. The zero-order valence-electron chi connectivity index (χ0n) is 20.8. The standard InChI is InChI=1S/C27H30F2N4O4S/c28-27(29)9-13-31(14-10-27)26(35)25-8-12-33(25)38(36,37)20-5-6-24(32-11-7-19(34)17-32)21(16-20)23-15-18-3-1-2-4-22(18)30-23/h1-6,15-16,19,25,30,34H,7-14,17H2/t19-,25-/m0/s1. The van der Waals surface area contributed by atoms with E-state index in [1.807, 2.05) is 35.2 Å². The number of nitrogens with one attached hydrogen (secondary N) is 1. The number of sulfonamides is 1. The number of aliphatic hydroxyl groups excluding tert-OH is 1. The number of aromatic amines is 1. The normalized spacial score (nSPS) is 24.1. The van der Waals surface area contributed by atoms with Crippen LogP contribution in [-0.4, -0.2) is 84.4 Å². The number of rotatable bonds is 5. The highest BCUT2D eigenvalue weighted by Crippen LogP contribution is 2.38. The first kappa shape index (κ1) is 25.3. The summed E-state index contributed by atoms with van der Waals surface area (Å²) in [6.45, 7) is 1.16.